The summed E-state index contributed by atoms with van der Waals surface area (Å²) >= 11 is 0. The van der Waals surface area contributed by atoms with Crippen molar-refractivity contribution in [1.29, 1.82) is 0 Å². The van der Waals surface area contributed by atoms with Crippen LogP contribution in [0.5, 0.6) is 0 Å². The fraction of sp³-hybridized carbons (Fsp3) is 0.389. The van der Waals surface area contributed by atoms with Gasteiger partial charge in [-0.2, -0.15) is 0 Å². The van der Waals surface area contributed by atoms with E-state index in [4.69, 9.17) is 5.73 Å². The molecule has 0 aliphatic heterocycles. The molecule has 2 nitrogen and oxygen atoms in total. The second kappa shape index (κ2) is 9.11. The van der Waals surface area contributed by atoms with Gasteiger partial charge in [0.05, 0.1) is 6.54 Å². The van der Waals surface area contributed by atoms with Gasteiger partial charge in [-0.05, 0) is 30.6 Å². The van der Waals surface area contributed by atoms with Crippen molar-refractivity contribution in [2.24, 2.45) is 10.7 Å². The van der Waals surface area contributed by atoms with Crippen LogP contribution in [-0.4, -0.2) is 5.71 Å². The number of aliphatic imine (C=N–C) groups is 1. The van der Waals surface area contributed by atoms with Crippen LogP contribution in [0.15, 0.2) is 53.2 Å². The highest BCUT2D eigenvalue weighted by atomic mass is 19.1. The molecule has 0 saturated carbocycles. The number of hydrogen-bond acceptors (Lipinski definition) is 2. The Bertz CT molecular complexity index is 530. The lowest BCUT2D eigenvalue weighted by atomic mass is 10.1. The smallest absolute Gasteiger partial charge is 0.128 e. The van der Waals surface area contributed by atoms with Crippen LogP contribution in [0.3, 0.4) is 0 Å². The van der Waals surface area contributed by atoms with Crippen LogP contribution in [0, 0.1) is 5.82 Å². The fourth-order valence-electron chi connectivity index (χ4n) is 1.99. The molecule has 1 rings (SSSR count). The van der Waals surface area contributed by atoms with Crippen LogP contribution in [0.1, 0.15) is 45.1 Å². The van der Waals surface area contributed by atoms with Gasteiger partial charge in [0.2, 0.25) is 0 Å². The van der Waals surface area contributed by atoms with Crippen LogP contribution in [0.4, 0.5) is 4.39 Å². The van der Waals surface area contributed by atoms with Gasteiger partial charge in [-0.1, -0.05) is 51.5 Å². The van der Waals surface area contributed by atoms with Gasteiger partial charge in [0.15, 0.2) is 0 Å². The molecule has 2 N–H and O–H groups in total. The molecular weight excluding hydrogens is 263 g/mol. The highest BCUT2D eigenvalue weighted by Crippen LogP contribution is 2.12. The zero-order chi connectivity index (χ0) is 15.7. The van der Waals surface area contributed by atoms with Gasteiger partial charge in [-0.25, -0.2) is 4.39 Å². The zero-order valence-electron chi connectivity index (χ0n) is 13.0. The molecule has 0 heterocycles. The molecule has 114 valence electrons. The molecule has 0 aliphatic rings. The summed E-state index contributed by atoms with van der Waals surface area (Å²) in [4.78, 5) is 4.51. The first-order valence-electron chi connectivity index (χ1n) is 7.50. The Morgan fingerprint density at radius 1 is 1.24 bits per heavy atom. The highest BCUT2D eigenvalue weighted by Gasteiger charge is 2.03. The normalized spacial score (nSPS) is 12.5. The largest absolute Gasteiger partial charge is 0.398 e. The van der Waals surface area contributed by atoms with Gasteiger partial charge in [0.25, 0.3) is 0 Å². The average molecular weight is 288 g/mol. The van der Waals surface area contributed by atoms with Gasteiger partial charge in [-0.15, -0.1) is 0 Å². The van der Waals surface area contributed by atoms with Crippen molar-refractivity contribution in [3.63, 3.8) is 0 Å². The number of hydrogen-bond donors (Lipinski definition) is 1. The van der Waals surface area contributed by atoms with Crippen molar-refractivity contribution in [2.75, 3.05) is 0 Å². The van der Waals surface area contributed by atoms with Crippen molar-refractivity contribution in [3.8, 4) is 0 Å². The number of nitrogens with two attached hydrogens (primary N) is 1. The molecule has 1 aromatic carbocycles. The minimum atomic E-state index is -0.218. The SMILES string of the molecule is C=C(CCC)C(N)=CC(CCC)=NCc1ccccc1F. The monoisotopic (exact) mass is 288 g/mol. The molecule has 0 aromatic heterocycles. The Morgan fingerprint density at radius 2 is 1.90 bits per heavy atom. The standard InChI is InChI=1S/C18H25FN2/c1-4-8-14(3)18(20)12-16(9-5-2)21-13-15-10-6-7-11-17(15)19/h6-7,10-12H,3-5,8-9,13,20H2,1-2H3. The predicted octanol–water partition coefficient (Wildman–Crippen LogP) is 4.77. The molecular formula is C18H25FN2. The first kappa shape index (κ1) is 17.2. The molecule has 1 aromatic rings. The lowest BCUT2D eigenvalue weighted by Crippen LogP contribution is -2.05. The van der Waals surface area contributed by atoms with E-state index in [1.54, 1.807) is 12.1 Å². The molecule has 0 radical (unpaired) electrons. The van der Waals surface area contributed by atoms with E-state index in [9.17, 15) is 4.39 Å². The second-order valence-electron chi connectivity index (χ2n) is 5.10. The third kappa shape index (κ3) is 5.94. The number of rotatable bonds is 8. The summed E-state index contributed by atoms with van der Waals surface area (Å²) in [6.45, 7) is 8.50. The first-order chi connectivity index (χ1) is 10.1. The topological polar surface area (TPSA) is 38.4 Å². The Hall–Kier alpha value is -1.90. The van der Waals surface area contributed by atoms with E-state index in [0.717, 1.165) is 37.0 Å². The van der Waals surface area contributed by atoms with Crippen molar-refractivity contribution >= 4 is 5.71 Å². The molecule has 0 unspecified atom stereocenters. The van der Waals surface area contributed by atoms with Crippen LogP contribution in [-0.2, 0) is 6.54 Å². The van der Waals surface area contributed by atoms with E-state index in [0.29, 0.717) is 17.8 Å². The quantitative estimate of drug-likeness (QED) is 0.543. The third-order valence-electron chi connectivity index (χ3n) is 3.20. The van der Waals surface area contributed by atoms with E-state index in [2.05, 4.69) is 25.4 Å². The maximum absolute atomic E-state index is 13.6. The van der Waals surface area contributed by atoms with Gasteiger partial charge >= 0.3 is 0 Å². The van der Waals surface area contributed by atoms with E-state index in [-0.39, 0.29) is 5.82 Å². The summed E-state index contributed by atoms with van der Waals surface area (Å²) in [5, 5.41) is 0. The van der Waals surface area contributed by atoms with E-state index in [1.165, 1.54) is 6.07 Å². The summed E-state index contributed by atoms with van der Waals surface area (Å²) in [5.41, 5.74) is 9.16. The van der Waals surface area contributed by atoms with Crippen LogP contribution >= 0.6 is 0 Å². The zero-order valence-corrected chi connectivity index (χ0v) is 13.0. The lowest BCUT2D eigenvalue weighted by molar-refractivity contribution is 0.611. The van der Waals surface area contributed by atoms with Crippen LogP contribution in [0.25, 0.3) is 0 Å². The molecule has 0 fully saturated rings. The van der Waals surface area contributed by atoms with Crippen molar-refractivity contribution in [3.05, 3.63) is 59.6 Å². The number of allylic oxidation sites excluding steroid dienone is 2. The van der Waals surface area contributed by atoms with E-state index >= 15 is 0 Å². The molecule has 3 heteroatoms. The molecule has 0 saturated heterocycles. The molecule has 0 atom stereocenters. The van der Waals surface area contributed by atoms with Crippen LogP contribution in [0.2, 0.25) is 0 Å². The summed E-state index contributed by atoms with van der Waals surface area (Å²) in [5.74, 6) is -0.218. The third-order valence-corrected chi connectivity index (χ3v) is 3.20. The Morgan fingerprint density at radius 3 is 2.52 bits per heavy atom. The van der Waals surface area contributed by atoms with Gasteiger partial charge in [-0.3, -0.25) is 4.99 Å². The van der Waals surface area contributed by atoms with Crippen molar-refractivity contribution in [2.45, 2.75) is 46.1 Å². The number of halogens is 1. The molecule has 0 amide bonds. The minimum absolute atomic E-state index is 0.218. The molecule has 21 heavy (non-hydrogen) atoms. The van der Waals surface area contributed by atoms with Gasteiger partial charge in [0, 0.05) is 17.0 Å². The summed E-state index contributed by atoms with van der Waals surface area (Å²) in [7, 11) is 0. The Labute approximate surface area is 127 Å². The van der Waals surface area contributed by atoms with Crippen LogP contribution < -0.4 is 5.73 Å². The molecule has 0 bridgehead atoms. The summed E-state index contributed by atoms with van der Waals surface area (Å²) in [6.07, 6.45) is 5.58. The van der Waals surface area contributed by atoms with E-state index in [1.807, 2.05) is 12.1 Å². The summed E-state index contributed by atoms with van der Waals surface area (Å²) < 4.78 is 13.6. The first-order valence-corrected chi connectivity index (χ1v) is 7.50. The Kier molecular flexibility index (Phi) is 7.44. The predicted molar refractivity (Wildman–Crippen MR) is 88.8 cm³/mol. The maximum Gasteiger partial charge on any atom is 0.128 e. The highest BCUT2D eigenvalue weighted by molar-refractivity contribution is 5.95. The van der Waals surface area contributed by atoms with Crippen molar-refractivity contribution in [1.82, 2.24) is 0 Å². The second-order valence-corrected chi connectivity index (χ2v) is 5.10. The van der Waals surface area contributed by atoms with Gasteiger partial charge in [0.1, 0.15) is 5.82 Å². The lowest BCUT2D eigenvalue weighted by Gasteiger charge is -2.07. The maximum atomic E-state index is 13.6. The molecule has 0 aliphatic carbocycles. The minimum Gasteiger partial charge on any atom is -0.398 e. The average Bonchev–Trinajstić information content (AvgIpc) is 2.46. The Balaban J connectivity index is 2.86. The van der Waals surface area contributed by atoms with Gasteiger partial charge < -0.3 is 5.73 Å². The number of nitrogens with zero attached hydrogens (tertiary/aromatic N) is 1. The summed E-state index contributed by atoms with van der Waals surface area (Å²) in [6, 6.07) is 6.71. The van der Waals surface area contributed by atoms with Crippen molar-refractivity contribution < 1.29 is 4.39 Å². The number of benzene rings is 1. The fourth-order valence-corrected chi connectivity index (χ4v) is 1.99. The van der Waals surface area contributed by atoms with E-state index < -0.39 is 0 Å². The molecule has 0 spiro atoms.